The van der Waals surface area contributed by atoms with Gasteiger partial charge in [0.25, 0.3) is 0 Å². The lowest BCUT2D eigenvalue weighted by atomic mass is 9.96. The molecule has 0 saturated carbocycles. The molecule has 1 aromatic heterocycles. The van der Waals surface area contributed by atoms with Gasteiger partial charge in [0.15, 0.2) is 0 Å². The zero-order valence-electron chi connectivity index (χ0n) is 10.7. The van der Waals surface area contributed by atoms with E-state index in [2.05, 4.69) is 35.6 Å². The van der Waals surface area contributed by atoms with Crippen molar-refractivity contribution >= 4 is 17.5 Å². The molecule has 0 saturated heterocycles. The van der Waals surface area contributed by atoms with Crippen LogP contribution in [0.15, 0.2) is 6.20 Å². The second-order valence-corrected chi connectivity index (χ2v) is 5.60. The SMILES string of the molecule is Cc1nc(N(C)CC(C)(C)C)ncc1CCl. The summed E-state index contributed by atoms with van der Waals surface area (Å²) in [7, 11) is 2.01. The van der Waals surface area contributed by atoms with Gasteiger partial charge in [0.05, 0.1) is 5.88 Å². The molecule has 3 nitrogen and oxygen atoms in total. The topological polar surface area (TPSA) is 29.0 Å². The molecule has 4 heteroatoms. The van der Waals surface area contributed by atoms with E-state index in [-0.39, 0.29) is 5.41 Å². The van der Waals surface area contributed by atoms with Crippen molar-refractivity contribution in [3.05, 3.63) is 17.5 Å². The smallest absolute Gasteiger partial charge is 0.225 e. The molecule has 0 aromatic carbocycles. The number of anilines is 1. The van der Waals surface area contributed by atoms with Crippen molar-refractivity contribution in [3.8, 4) is 0 Å². The third-order valence-electron chi connectivity index (χ3n) is 2.27. The van der Waals surface area contributed by atoms with Crippen LogP contribution in [0.25, 0.3) is 0 Å². The Morgan fingerprint density at radius 1 is 1.38 bits per heavy atom. The van der Waals surface area contributed by atoms with E-state index in [1.807, 2.05) is 20.2 Å². The highest BCUT2D eigenvalue weighted by atomic mass is 35.5. The Kier molecular flexibility index (Phi) is 4.14. The minimum absolute atomic E-state index is 0.233. The van der Waals surface area contributed by atoms with Crippen LogP contribution in [0.5, 0.6) is 0 Å². The van der Waals surface area contributed by atoms with E-state index < -0.39 is 0 Å². The first-order chi connectivity index (χ1) is 7.33. The Bertz CT molecular complexity index is 358. The van der Waals surface area contributed by atoms with E-state index in [0.717, 1.165) is 23.8 Å². The van der Waals surface area contributed by atoms with Crippen molar-refractivity contribution in [3.63, 3.8) is 0 Å². The molecule has 0 aliphatic heterocycles. The van der Waals surface area contributed by atoms with Crippen LogP contribution in [0.2, 0.25) is 0 Å². The Morgan fingerprint density at radius 2 is 2.00 bits per heavy atom. The van der Waals surface area contributed by atoms with Crippen molar-refractivity contribution in [2.45, 2.75) is 33.6 Å². The first kappa shape index (κ1) is 13.2. The molecule has 0 spiro atoms. The number of halogens is 1. The highest BCUT2D eigenvalue weighted by Gasteiger charge is 2.16. The summed E-state index contributed by atoms with van der Waals surface area (Å²) in [5.74, 6) is 1.23. The number of nitrogens with zero attached hydrogens (tertiary/aromatic N) is 3. The predicted molar refractivity (Wildman–Crippen MR) is 69.1 cm³/mol. The first-order valence-corrected chi connectivity index (χ1v) is 5.96. The molecule has 1 aromatic rings. The summed E-state index contributed by atoms with van der Waals surface area (Å²) in [6, 6.07) is 0. The van der Waals surface area contributed by atoms with Crippen molar-refractivity contribution in [2.24, 2.45) is 5.41 Å². The Labute approximate surface area is 103 Å². The summed E-state index contributed by atoms with van der Waals surface area (Å²) in [6.45, 7) is 9.48. The second-order valence-electron chi connectivity index (χ2n) is 5.33. The minimum Gasteiger partial charge on any atom is -0.343 e. The van der Waals surface area contributed by atoms with Gasteiger partial charge in [-0.25, -0.2) is 9.97 Å². The van der Waals surface area contributed by atoms with Crippen molar-refractivity contribution in [1.82, 2.24) is 9.97 Å². The zero-order valence-corrected chi connectivity index (χ0v) is 11.5. The normalized spacial score (nSPS) is 11.6. The fourth-order valence-corrected chi connectivity index (χ4v) is 1.84. The average Bonchev–Trinajstić information content (AvgIpc) is 2.15. The van der Waals surface area contributed by atoms with Crippen molar-refractivity contribution < 1.29 is 0 Å². The van der Waals surface area contributed by atoms with Crippen molar-refractivity contribution in [2.75, 3.05) is 18.5 Å². The van der Waals surface area contributed by atoms with Gasteiger partial charge >= 0.3 is 0 Å². The van der Waals surface area contributed by atoms with Gasteiger partial charge in [-0.2, -0.15) is 0 Å². The highest BCUT2D eigenvalue weighted by molar-refractivity contribution is 6.17. The summed E-state index contributed by atoms with van der Waals surface area (Å²) in [4.78, 5) is 10.9. The Hall–Kier alpha value is -0.830. The molecule has 0 N–H and O–H groups in total. The molecule has 0 radical (unpaired) electrons. The Morgan fingerprint density at radius 3 is 2.44 bits per heavy atom. The van der Waals surface area contributed by atoms with Gasteiger partial charge in [0, 0.05) is 31.0 Å². The Balaban J connectivity index is 2.85. The maximum Gasteiger partial charge on any atom is 0.225 e. The monoisotopic (exact) mass is 241 g/mol. The second kappa shape index (κ2) is 5.00. The maximum absolute atomic E-state index is 5.78. The van der Waals surface area contributed by atoms with Gasteiger partial charge in [-0.3, -0.25) is 0 Å². The summed E-state index contributed by atoms with van der Waals surface area (Å²) < 4.78 is 0. The third-order valence-corrected chi connectivity index (χ3v) is 2.55. The van der Waals surface area contributed by atoms with Crippen molar-refractivity contribution in [1.29, 1.82) is 0 Å². The third kappa shape index (κ3) is 3.63. The van der Waals surface area contributed by atoms with Gasteiger partial charge in [-0.05, 0) is 12.3 Å². The van der Waals surface area contributed by atoms with Gasteiger partial charge in [-0.15, -0.1) is 11.6 Å². The quantitative estimate of drug-likeness (QED) is 0.762. The van der Waals surface area contributed by atoms with Gasteiger partial charge in [0.1, 0.15) is 0 Å². The molecule has 0 amide bonds. The molecule has 1 heterocycles. The number of aryl methyl sites for hydroxylation is 1. The zero-order chi connectivity index (χ0) is 12.3. The summed E-state index contributed by atoms with van der Waals surface area (Å²) in [6.07, 6.45) is 1.81. The van der Waals surface area contributed by atoms with Crippen LogP contribution in [-0.4, -0.2) is 23.6 Å². The molecule has 0 aliphatic rings. The van der Waals surface area contributed by atoms with Crippen LogP contribution in [0.3, 0.4) is 0 Å². The largest absolute Gasteiger partial charge is 0.343 e. The van der Waals surface area contributed by atoms with Crippen LogP contribution in [-0.2, 0) is 5.88 Å². The van der Waals surface area contributed by atoms with Crippen LogP contribution in [0, 0.1) is 12.3 Å². The fraction of sp³-hybridized carbons (Fsp3) is 0.667. The summed E-state index contributed by atoms with van der Waals surface area (Å²) in [5.41, 5.74) is 2.19. The van der Waals surface area contributed by atoms with E-state index in [0.29, 0.717) is 5.88 Å². The molecule has 1 rings (SSSR count). The predicted octanol–water partition coefficient (Wildman–Crippen LogP) is 3.01. The number of alkyl halides is 1. The van der Waals surface area contributed by atoms with Crippen LogP contribution in [0.1, 0.15) is 32.0 Å². The van der Waals surface area contributed by atoms with Crippen LogP contribution in [0.4, 0.5) is 5.95 Å². The van der Waals surface area contributed by atoms with E-state index in [9.17, 15) is 0 Å². The van der Waals surface area contributed by atoms with E-state index in [4.69, 9.17) is 11.6 Å². The number of aromatic nitrogens is 2. The molecule has 0 unspecified atom stereocenters. The maximum atomic E-state index is 5.78. The lowest BCUT2D eigenvalue weighted by molar-refractivity contribution is 0.416. The van der Waals surface area contributed by atoms with Crippen LogP contribution >= 0.6 is 11.6 Å². The minimum atomic E-state index is 0.233. The van der Waals surface area contributed by atoms with Gasteiger partial charge < -0.3 is 4.90 Å². The first-order valence-electron chi connectivity index (χ1n) is 5.43. The molecule has 0 atom stereocenters. The van der Waals surface area contributed by atoms with Gasteiger partial charge in [-0.1, -0.05) is 20.8 Å². The molecule has 0 aliphatic carbocycles. The highest BCUT2D eigenvalue weighted by Crippen LogP contribution is 2.18. The molecule has 90 valence electrons. The lowest BCUT2D eigenvalue weighted by Gasteiger charge is -2.26. The fourth-order valence-electron chi connectivity index (χ4n) is 1.58. The number of hydrogen-bond acceptors (Lipinski definition) is 3. The average molecular weight is 242 g/mol. The van der Waals surface area contributed by atoms with E-state index in [1.54, 1.807) is 0 Å². The van der Waals surface area contributed by atoms with E-state index in [1.165, 1.54) is 0 Å². The molecule has 0 bridgehead atoms. The molecule has 16 heavy (non-hydrogen) atoms. The number of rotatable bonds is 3. The molecular formula is C12H20ClN3. The van der Waals surface area contributed by atoms with Crippen LogP contribution < -0.4 is 4.90 Å². The number of hydrogen-bond donors (Lipinski definition) is 0. The van der Waals surface area contributed by atoms with E-state index >= 15 is 0 Å². The molecular weight excluding hydrogens is 222 g/mol. The summed E-state index contributed by atoms with van der Waals surface area (Å²) in [5, 5.41) is 0. The summed E-state index contributed by atoms with van der Waals surface area (Å²) >= 11 is 5.78. The van der Waals surface area contributed by atoms with Gasteiger partial charge in [0.2, 0.25) is 5.95 Å². The molecule has 0 fully saturated rings. The standard InChI is InChI=1S/C12H20ClN3/c1-9-10(6-13)7-14-11(15-9)16(5)8-12(2,3)4/h7H,6,8H2,1-5H3. The lowest BCUT2D eigenvalue weighted by Crippen LogP contribution is -2.30.